The molecule has 52 valence electrons. The van der Waals surface area contributed by atoms with Crippen molar-refractivity contribution in [1.29, 1.82) is 0 Å². The summed E-state index contributed by atoms with van der Waals surface area (Å²) in [5, 5.41) is 8.87. The molecule has 0 aromatic heterocycles. The van der Waals surface area contributed by atoms with Crippen LogP contribution in [0, 0.1) is 0 Å². The van der Waals surface area contributed by atoms with E-state index in [9.17, 15) is 0 Å². The SMILES string of the molecule is CCC=C[N+](O)=CCC. The van der Waals surface area contributed by atoms with Crippen LogP contribution in [0.1, 0.15) is 26.7 Å². The van der Waals surface area contributed by atoms with Gasteiger partial charge in [0.1, 0.15) is 0 Å². The summed E-state index contributed by atoms with van der Waals surface area (Å²) in [7, 11) is 0. The minimum Gasteiger partial charge on any atom is -0.286 e. The zero-order valence-corrected chi connectivity index (χ0v) is 6.04. The molecule has 0 aliphatic rings. The number of hydrogen-bond donors (Lipinski definition) is 1. The maximum absolute atomic E-state index is 8.87. The zero-order chi connectivity index (χ0) is 7.11. The van der Waals surface area contributed by atoms with Gasteiger partial charge < -0.3 is 0 Å². The second-order valence-electron chi connectivity index (χ2n) is 1.76. The van der Waals surface area contributed by atoms with E-state index in [4.69, 9.17) is 5.21 Å². The molecule has 0 aromatic carbocycles. The summed E-state index contributed by atoms with van der Waals surface area (Å²) in [5.41, 5.74) is 0. The summed E-state index contributed by atoms with van der Waals surface area (Å²) < 4.78 is 1.09. The van der Waals surface area contributed by atoms with Crippen LogP contribution in [0.3, 0.4) is 0 Å². The lowest BCUT2D eigenvalue weighted by Gasteiger charge is -1.78. The van der Waals surface area contributed by atoms with Gasteiger partial charge in [0, 0.05) is 6.42 Å². The highest BCUT2D eigenvalue weighted by Gasteiger charge is 1.86. The number of hydroxylamine groups is 1. The van der Waals surface area contributed by atoms with Gasteiger partial charge in [-0.1, -0.05) is 13.8 Å². The Morgan fingerprint density at radius 2 is 2.00 bits per heavy atom. The summed E-state index contributed by atoms with van der Waals surface area (Å²) in [6.07, 6.45) is 7.04. The van der Waals surface area contributed by atoms with Crippen LogP contribution in [-0.4, -0.2) is 16.2 Å². The van der Waals surface area contributed by atoms with Crippen molar-refractivity contribution in [2.24, 2.45) is 0 Å². The summed E-state index contributed by atoms with van der Waals surface area (Å²) in [6, 6.07) is 0. The van der Waals surface area contributed by atoms with Gasteiger partial charge in [0.25, 0.3) is 0 Å². The van der Waals surface area contributed by atoms with E-state index in [0.29, 0.717) is 0 Å². The number of allylic oxidation sites excluding steroid dienone is 1. The minimum atomic E-state index is 0.852. The van der Waals surface area contributed by atoms with Gasteiger partial charge in [-0.15, -0.1) is 0 Å². The van der Waals surface area contributed by atoms with Gasteiger partial charge in [-0.25, -0.2) is 0 Å². The molecule has 0 aliphatic heterocycles. The summed E-state index contributed by atoms with van der Waals surface area (Å²) in [6.45, 7) is 4.00. The minimum absolute atomic E-state index is 0.852. The van der Waals surface area contributed by atoms with Gasteiger partial charge in [0.05, 0.1) is 0 Å². The Labute approximate surface area is 56.1 Å². The lowest BCUT2D eigenvalue weighted by atomic mass is 10.5. The number of rotatable bonds is 3. The van der Waals surface area contributed by atoms with Crippen molar-refractivity contribution in [3.05, 3.63) is 12.3 Å². The highest BCUT2D eigenvalue weighted by molar-refractivity contribution is 5.50. The molecule has 0 atom stereocenters. The van der Waals surface area contributed by atoms with Crippen LogP contribution >= 0.6 is 0 Å². The first-order valence-corrected chi connectivity index (χ1v) is 3.28. The van der Waals surface area contributed by atoms with E-state index in [1.807, 2.05) is 19.9 Å². The fourth-order valence-electron chi connectivity index (χ4n) is 0.461. The quantitative estimate of drug-likeness (QED) is 0.266. The monoisotopic (exact) mass is 128 g/mol. The highest BCUT2D eigenvalue weighted by Crippen LogP contribution is 1.78. The molecule has 1 N–H and O–H groups in total. The van der Waals surface area contributed by atoms with Gasteiger partial charge in [-0.3, -0.25) is 5.21 Å². The number of hydrogen-bond acceptors (Lipinski definition) is 1. The predicted molar refractivity (Wildman–Crippen MR) is 37.8 cm³/mol. The lowest BCUT2D eigenvalue weighted by Crippen LogP contribution is -1.96. The Hall–Kier alpha value is -0.790. The Bertz CT molecular complexity index is 116. The van der Waals surface area contributed by atoms with Crippen molar-refractivity contribution in [1.82, 2.24) is 0 Å². The average Bonchev–Trinajstić information content (AvgIpc) is 1.85. The Kier molecular flexibility index (Phi) is 4.88. The van der Waals surface area contributed by atoms with E-state index in [1.54, 1.807) is 12.4 Å². The standard InChI is InChI=1S/C7H14NO/c1-3-5-7-8(9)6-4-2/h5-7,9H,3-4H2,1-2H3/q+1. The fourth-order valence-corrected chi connectivity index (χ4v) is 0.461. The van der Waals surface area contributed by atoms with Gasteiger partial charge in [-0.05, 0) is 17.2 Å². The van der Waals surface area contributed by atoms with Crippen molar-refractivity contribution in [2.45, 2.75) is 26.7 Å². The first kappa shape index (κ1) is 8.21. The predicted octanol–water partition coefficient (Wildman–Crippen LogP) is 1.79. The highest BCUT2D eigenvalue weighted by atomic mass is 16.5. The Morgan fingerprint density at radius 1 is 1.33 bits per heavy atom. The van der Waals surface area contributed by atoms with Crippen molar-refractivity contribution in [3.63, 3.8) is 0 Å². The largest absolute Gasteiger partial charge is 0.286 e. The third-order valence-corrected chi connectivity index (χ3v) is 0.863. The zero-order valence-electron chi connectivity index (χ0n) is 6.04. The van der Waals surface area contributed by atoms with Crippen LogP contribution in [0.25, 0.3) is 0 Å². The smallest absolute Gasteiger partial charge is 0.217 e. The van der Waals surface area contributed by atoms with E-state index in [1.165, 1.54) is 0 Å². The molecule has 0 heterocycles. The molecule has 0 saturated carbocycles. The summed E-state index contributed by atoms with van der Waals surface area (Å²) in [5.74, 6) is 0. The molecule has 0 unspecified atom stereocenters. The van der Waals surface area contributed by atoms with Crippen LogP contribution in [0.4, 0.5) is 0 Å². The summed E-state index contributed by atoms with van der Waals surface area (Å²) in [4.78, 5) is 0. The van der Waals surface area contributed by atoms with E-state index in [0.717, 1.165) is 17.6 Å². The molecule has 0 spiro atoms. The fraction of sp³-hybridized carbons (Fsp3) is 0.571. The molecule has 0 bridgehead atoms. The van der Waals surface area contributed by atoms with E-state index in [-0.39, 0.29) is 0 Å². The topological polar surface area (TPSA) is 23.2 Å². The van der Waals surface area contributed by atoms with Crippen molar-refractivity contribution < 1.29 is 9.95 Å². The molecule has 0 fully saturated rings. The second-order valence-corrected chi connectivity index (χ2v) is 1.76. The molecular weight excluding hydrogens is 114 g/mol. The van der Waals surface area contributed by atoms with Crippen LogP contribution in [0.15, 0.2) is 12.3 Å². The van der Waals surface area contributed by atoms with Gasteiger partial charge in [0.15, 0.2) is 6.21 Å². The maximum Gasteiger partial charge on any atom is 0.217 e. The van der Waals surface area contributed by atoms with E-state index >= 15 is 0 Å². The van der Waals surface area contributed by atoms with E-state index < -0.39 is 0 Å². The van der Waals surface area contributed by atoms with Crippen LogP contribution < -0.4 is 0 Å². The van der Waals surface area contributed by atoms with Crippen LogP contribution in [-0.2, 0) is 0 Å². The lowest BCUT2D eigenvalue weighted by molar-refractivity contribution is -0.722. The van der Waals surface area contributed by atoms with Crippen molar-refractivity contribution in [2.75, 3.05) is 0 Å². The Balaban J connectivity index is 3.60. The molecule has 2 nitrogen and oxygen atoms in total. The number of nitrogens with zero attached hydrogens (tertiary/aromatic N) is 1. The first-order chi connectivity index (χ1) is 4.31. The molecule has 0 aromatic rings. The molecule has 0 aliphatic carbocycles. The van der Waals surface area contributed by atoms with E-state index in [2.05, 4.69) is 0 Å². The summed E-state index contributed by atoms with van der Waals surface area (Å²) >= 11 is 0. The average molecular weight is 128 g/mol. The van der Waals surface area contributed by atoms with Crippen LogP contribution in [0.2, 0.25) is 0 Å². The molecular formula is C7H14NO+. The molecule has 0 amide bonds. The first-order valence-electron chi connectivity index (χ1n) is 3.28. The third kappa shape index (κ3) is 5.07. The van der Waals surface area contributed by atoms with Crippen molar-refractivity contribution >= 4 is 6.21 Å². The molecule has 9 heavy (non-hydrogen) atoms. The van der Waals surface area contributed by atoms with Gasteiger partial charge in [0.2, 0.25) is 6.20 Å². The second kappa shape index (κ2) is 5.35. The molecule has 0 rings (SSSR count). The maximum atomic E-state index is 8.87. The van der Waals surface area contributed by atoms with Crippen LogP contribution in [0.5, 0.6) is 0 Å². The van der Waals surface area contributed by atoms with Gasteiger partial charge >= 0.3 is 0 Å². The molecule has 0 saturated heterocycles. The Morgan fingerprint density at radius 3 is 2.44 bits per heavy atom. The molecule has 2 heteroatoms. The van der Waals surface area contributed by atoms with Crippen molar-refractivity contribution in [3.8, 4) is 0 Å². The normalized spacial score (nSPS) is 12.9. The third-order valence-electron chi connectivity index (χ3n) is 0.863. The van der Waals surface area contributed by atoms with Gasteiger partial charge in [-0.2, -0.15) is 0 Å². The molecule has 0 radical (unpaired) electrons.